The van der Waals surface area contributed by atoms with Crippen molar-refractivity contribution in [2.75, 3.05) is 0 Å². The minimum Gasteiger partial charge on any atom is -0.103 e. The number of allylic oxidation sites excluding steroid dienone is 1. The molecule has 22 valence electrons. The molecule has 0 radical (unpaired) electrons. The Balaban J connectivity index is 0. The first-order valence-electron chi connectivity index (χ1n) is 0.986. The first-order chi connectivity index (χ1) is 1.41. The van der Waals surface area contributed by atoms with E-state index in [2.05, 4.69) is 6.58 Å². The van der Waals surface area contributed by atoms with Crippen molar-refractivity contribution >= 4 is 0 Å². The molecule has 0 aromatic carbocycles. The summed E-state index contributed by atoms with van der Waals surface area (Å²) in [6, 6.07) is 0. The smallest absolute Gasteiger partial charge is 0 e. The van der Waals surface area contributed by atoms with Crippen LogP contribution in [0.15, 0.2) is 12.7 Å². The molecule has 0 aromatic heterocycles. The van der Waals surface area contributed by atoms with Gasteiger partial charge in [-0.1, -0.05) is 6.08 Å². The Kier molecular flexibility index (Phi) is 20.9. The van der Waals surface area contributed by atoms with E-state index in [1.807, 2.05) is 6.92 Å². The molecule has 0 saturated heterocycles. The van der Waals surface area contributed by atoms with E-state index in [-0.39, 0.29) is 26.2 Å². The first kappa shape index (κ1) is 8.82. The third-order valence-corrected chi connectivity index (χ3v) is 0. The molecular formula is C3H6Zr. The molecule has 0 N–H and O–H groups in total. The van der Waals surface area contributed by atoms with Crippen LogP contribution in [0.2, 0.25) is 0 Å². The molecule has 0 saturated carbocycles. The molecule has 0 spiro atoms. The second kappa shape index (κ2) is 9.46. The minimum absolute atomic E-state index is 0. The van der Waals surface area contributed by atoms with Gasteiger partial charge in [0.25, 0.3) is 0 Å². The van der Waals surface area contributed by atoms with Crippen molar-refractivity contribution < 1.29 is 26.2 Å². The van der Waals surface area contributed by atoms with E-state index >= 15 is 0 Å². The molecule has 0 bridgehead atoms. The van der Waals surface area contributed by atoms with Gasteiger partial charge in [0, 0.05) is 26.2 Å². The molecule has 4 heavy (non-hydrogen) atoms. The summed E-state index contributed by atoms with van der Waals surface area (Å²) in [4.78, 5) is 0. The maximum absolute atomic E-state index is 3.36. The summed E-state index contributed by atoms with van der Waals surface area (Å²) < 4.78 is 0. The predicted molar refractivity (Wildman–Crippen MR) is 15.9 cm³/mol. The quantitative estimate of drug-likeness (QED) is 0.435. The van der Waals surface area contributed by atoms with Gasteiger partial charge in [-0.3, -0.25) is 0 Å². The Hall–Kier alpha value is 0.623. The van der Waals surface area contributed by atoms with Crippen molar-refractivity contribution in [3.8, 4) is 0 Å². The van der Waals surface area contributed by atoms with Crippen LogP contribution < -0.4 is 0 Å². The molecule has 0 aliphatic carbocycles. The Morgan fingerprint density at radius 1 is 1.75 bits per heavy atom. The molecule has 0 fully saturated rings. The Morgan fingerprint density at radius 2 is 1.75 bits per heavy atom. The SMILES string of the molecule is C=CC.[Zr]. The number of hydrogen-bond donors (Lipinski definition) is 0. The van der Waals surface area contributed by atoms with Gasteiger partial charge >= 0.3 is 0 Å². The van der Waals surface area contributed by atoms with Crippen LogP contribution in [0.3, 0.4) is 0 Å². The van der Waals surface area contributed by atoms with Gasteiger partial charge in [0.15, 0.2) is 0 Å². The standard InChI is InChI=1S/C3H6.Zr/c1-3-2;/h3H,1H2,2H3;. The van der Waals surface area contributed by atoms with E-state index in [1.165, 1.54) is 0 Å². The molecule has 1 heteroatoms. The molecule has 0 aliphatic heterocycles. The summed E-state index contributed by atoms with van der Waals surface area (Å²) >= 11 is 0. The molecular weight excluding hydrogens is 127 g/mol. The topological polar surface area (TPSA) is 0 Å². The molecule has 0 aromatic rings. The van der Waals surface area contributed by atoms with Gasteiger partial charge in [-0.2, -0.15) is 0 Å². The number of hydrogen-bond acceptors (Lipinski definition) is 0. The van der Waals surface area contributed by atoms with E-state index in [0.29, 0.717) is 0 Å². The van der Waals surface area contributed by atoms with Crippen LogP contribution in [0.25, 0.3) is 0 Å². The monoisotopic (exact) mass is 132 g/mol. The van der Waals surface area contributed by atoms with Crippen LogP contribution in [-0.2, 0) is 26.2 Å². The van der Waals surface area contributed by atoms with Gasteiger partial charge in [0.2, 0.25) is 0 Å². The normalized spacial score (nSPS) is 3.25. The fourth-order valence-electron chi connectivity index (χ4n) is 0. The van der Waals surface area contributed by atoms with Crippen LogP contribution in [0, 0.1) is 0 Å². The molecule has 0 unspecified atom stereocenters. The van der Waals surface area contributed by atoms with E-state index in [1.54, 1.807) is 6.08 Å². The Morgan fingerprint density at radius 3 is 1.75 bits per heavy atom. The third kappa shape index (κ3) is 17.8. The minimum atomic E-state index is 0. The van der Waals surface area contributed by atoms with Crippen LogP contribution in [0.1, 0.15) is 6.92 Å². The van der Waals surface area contributed by atoms with E-state index in [9.17, 15) is 0 Å². The van der Waals surface area contributed by atoms with Crippen LogP contribution >= 0.6 is 0 Å². The maximum Gasteiger partial charge on any atom is 0 e. The van der Waals surface area contributed by atoms with Gasteiger partial charge in [0.05, 0.1) is 0 Å². The average molecular weight is 133 g/mol. The van der Waals surface area contributed by atoms with Gasteiger partial charge in [-0.15, -0.1) is 6.58 Å². The summed E-state index contributed by atoms with van der Waals surface area (Å²) in [7, 11) is 0. The van der Waals surface area contributed by atoms with Crippen LogP contribution in [0.5, 0.6) is 0 Å². The summed E-state index contributed by atoms with van der Waals surface area (Å²) in [6.45, 7) is 5.25. The van der Waals surface area contributed by atoms with Crippen molar-refractivity contribution in [3.63, 3.8) is 0 Å². The summed E-state index contributed by atoms with van der Waals surface area (Å²) in [5.74, 6) is 0. The molecule has 0 amide bonds. The summed E-state index contributed by atoms with van der Waals surface area (Å²) in [6.07, 6.45) is 1.75. The van der Waals surface area contributed by atoms with Crippen molar-refractivity contribution in [1.82, 2.24) is 0 Å². The van der Waals surface area contributed by atoms with Gasteiger partial charge in [-0.05, 0) is 6.92 Å². The summed E-state index contributed by atoms with van der Waals surface area (Å²) in [5, 5.41) is 0. The molecule has 0 nitrogen and oxygen atoms in total. The predicted octanol–water partition coefficient (Wildman–Crippen LogP) is 1.19. The summed E-state index contributed by atoms with van der Waals surface area (Å²) in [5.41, 5.74) is 0. The van der Waals surface area contributed by atoms with E-state index in [4.69, 9.17) is 0 Å². The molecule has 0 aliphatic rings. The number of rotatable bonds is 0. The average Bonchev–Trinajstić information content (AvgIpc) is 0.918. The van der Waals surface area contributed by atoms with Crippen molar-refractivity contribution in [2.24, 2.45) is 0 Å². The molecule has 0 heterocycles. The molecule has 0 rings (SSSR count). The van der Waals surface area contributed by atoms with E-state index < -0.39 is 0 Å². The zero-order chi connectivity index (χ0) is 2.71. The van der Waals surface area contributed by atoms with Crippen molar-refractivity contribution in [2.45, 2.75) is 6.92 Å². The molecule has 0 atom stereocenters. The zero-order valence-corrected chi connectivity index (χ0v) is 5.24. The second-order valence-electron chi connectivity index (χ2n) is 0.408. The van der Waals surface area contributed by atoms with Crippen molar-refractivity contribution in [3.05, 3.63) is 12.7 Å². The fraction of sp³-hybridized carbons (Fsp3) is 0.333. The fourth-order valence-corrected chi connectivity index (χ4v) is 0. The Labute approximate surface area is 46.0 Å². The van der Waals surface area contributed by atoms with Crippen molar-refractivity contribution in [1.29, 1.82) is 0 Å². The second-order valence-corrected chi connectivity index (χ2v) is 0.408. The third-order valence-electron chi connectivity index (χ3n) is 0. The van der Waals surface area contributed by atoms with Crippen LogP contribution in [-0.4, -0.2) is 0 Å². The largest absolute Gasteiger partial charge is 0.103 e. The van der Waals surface area contributed by atoms with E-state index in [0.717, 1.165) is 0 Å². The Bertz CT molecular complexity index is 10.8. The maximum atomic E-state index is 3.36. The first-order valence-corrected chi connectivity index (χ1v) is 0.986. The van der Waals surface area contributed by atoms with Crippen LogP contribution in [0.4, 0.5) is 0 Å². The van der Waals surface area contributed by atoms with Gasteiger partial charge in [-0.25, -0.2) is 0 Å². The zero-order valence-electron chi connectivity index (χ0n) is 2.78. The van der Waals surface area contributed by atoms with Gasteiger partial charge < -0.3 is 0 Å². The van der Waals surface area contributed by atoms with Gasteiger partial charge in [0.1, 0.15) is 0 Å².